The summed E-state index contributed by atoms with van der Waals surface area (Å²) < 4.78 is 17.5. The minimum Gasteiger partial charge on any atom is -0.454 e. The lowest BCUT2D eigenvalue weighted by Crippen LogP contribution is -2.51. The van der Waals surface area contributed by atoms with Crippen molar-refractivity contribution in [3.63, 3.8) is 0 Å². The number of benzene rings is 2. The Kier molecular flexibility index (Phi) is 4.99. The van der Waals surface area contributed by atoms with Crippen LogP contribution in [0.25, 0.3) is 0 Å². The fourth-order valence-electron chi connectivity index (χ4n) is 3.98. The van der Waals surface area contributed by atoms with E-state index in [4.69, 9.17) is 19.2 Å². The molecule has 2 aromatic carbocycles. The fourth-order valence-corrected chi connectivity index (χ4v) is 3.98. The third-order valence-corrected chi connectivity index (χ3v) is 5.46. The molecular weight excluding hydrogens is 354 g/mol. The molecule has 0 bridgehead atoms. The smallest absolute Gasteiger partial charge is 0.153 e. The first-order chi connectivity index (χ1) is 13.9. The van der Waals surface area contributed by atoms with Crippen molar-refractivity contribution < 1.29 is 14.2 Å². The summed E-state index contributed by atoms with van der Waals surface area (Å²) in [5, 5.41) is 0. The van der Waals surface area contributed by atoms with E-state index < -0.39 is 0 Å². The Balaban J connectivity index is 1.35. The third-order valence-electron chi connectivity index (χ3n) is 5.46. The predicted molar refractivity (Wildman–Crippen MR) is 108 cm³/mol. The molecule has 0 spiro atoms. The number of fused-ring (bicyclic) bond motifs is 2. The SMILES string of the molecule is c1ccc2c(c1)N=C(N1CCN(CC3COCCO3)CC1)c1ccccc1O2. The highest BCUT2D eigenvalue weighted by molar-refractivity contribution is 6.03. The molecule has 0 aromatic heterocycles. The summed E-state index contributed by atoms with van der Waals surface area (Å²) in [5.74, 6) is 2.66. The van der Waals surface area contributed by atoms with Crippen molar-refractivity contribution in [2.24, 2.45) is 4.99 Å². The van der Waals surface area contributed by atoms with Crippen molar-refractivity contribution in [2.45, 2.75) is 6.10 Å². The van der Waals surface area contributed by atoms with Crippen LogP contribution in [0.15, 0.2) is 53.5 Å². The van der Waals surface area contributed by atoms with Crippen LogP contribution in [-0.2, 0) is 9.47 Å². The zero-order chi connectivity index (χ0) is 18.8. The molecule has 6 nitrogen and oxygen atoms in total. The lowest BCUT2D eigenvalue weighted by atomic mass is 10.1. The second kappa shape index (κ2) is 7.91. The maximum absolute atomic E-state index is 6.16. The van der Waals surface area contributed by atoms with Crippen LogP contribution in [0.3, 0.4) is 0 Å². The second-order valence-corrected chi connectivity index (χ2v) is 7.36. The van der Waals surface area contributed by atoms with E-state index in [-0.39, 0.29) is 6.10 Å². The molecule has 2 fully saturated rings. The van der Waals surface area contributed by atoms with Crippen LogP contribution in [0.2, 0.25) is 0 Å². The van der Waals surface area contributed by atoms with Gasteiger partial charge in [0.2, 0.25) is 0 Å². The Labute approximate surface area is 165 Å². The molecule has 0 amide bonds. The van der Waals surface area contributed by atoms with Gasteiger partial charge in [0, 0.05) is 32.7 Å². The summed E-state index contributed by atoms with van der Waals surface area (Å²) in [5.41, 5.74) is 1.93. The third kappa shape index (κ3) is 3.63. The topological polar surface area (TPSA) is 46.5 Å². The average Bonchev–Trinajstić information content (AvgIpc) is 2.92. The highest BCUT2D eigenvalue weighted by Gasteiger charge is 2.27. The van der Waals surface area contributed by atoms with Gasteiger partial charge in [-0.25, -0.2) is 4.99 Å². The number of hydrogen-bond donors (Lipinski definition) is 0. The van der Waals surface area contributed by atoms with Gasteiger partial charge in [0.1, 0.15) is 17.3 Å². The van der Waals surface area contributed by atoms with Crippen molar-refractivity contribution >= 4 is 11.5 Å². The monoisotopic (exact) mass is 379 g/mol. The van der Waals surface area contributed by atoms with Crippen LogP contribution in [0.4, 0.5) is 5.69 Å². The molecule has 0 N–H and O–H groups in total. The molecule has 0 aliphatic carbocycles. The normalized spacial score (nSPS) is 22.5. The van der Waals surface area contributed by atoms with Crippen molar-refractivity contribution in [3.8, 4) is 11.5 Å². The largest absolute Gasteiger partial charge is 0.454 e. The van der Waals surface area contributed by atoms with E-state index >= 15 is 0 Å². The Morgan fingerprint density at radius 2 is 1.68 bits per heavy atom. The number of hydrogen-bond acceptors (Lipinski definition) is 6. The summed E-state index contributed by atoms with van der Waals surface area (Å²) in [4.78, 5) is 9.84. The molecule has 6 heteroatoms. The highest BCUT2D eigenvalue weighted by atomic mass is 16.6. The van der Waals surface area contributed by atoms with Gasteiger partial charge in [-0.3, -0.25) is 4.90 Å². The van der Waals surface area contributed by atoms with E-state index in [2.05, 4.69) is 15.9 Å². The van der Waals surface area contributed by atoms with Crippen LogP contribution in [-0.4, -0.2) is 74.3 Å². The van der Waals surface area contributed by atoms with Gasteiger partial charge >= 0.3 is 0 Å². The molecular formula is C22H25N3O3. The Morgan fingerprint density at radius 3 is 2.50 bits per heavy atom. The first-order valence-electron chi connectivity index (χ1n) is 9.98. The fraction of sp³-hybridized carbons (Fsp3) is 0.409. The lowest BCUT2D eigenvalue weighted by molar-refractivity contribution is -0.0991. The molecule has 5 rings (SSSR count). The highest BCUT2D eigenvalue weighted by Crippen LogP contribution is 2.37. The number of amidine groups is 1. The van der Waals surface area contributed by atoms with Gasteiger partial charge < -0.3 is 19.1 Å². The molecule has 1 atom stereocenters. The number of piperazine rings is 1. The van der Waals surface area contributed by atoms with Crippen LogP contribution < -0.4 is 4.74 Å². The molecule has 2 saturated heterocycles. The molecule has 3 heterocycles. The van der Waals surface area contributed by atoms with E-state index in [1.54, 1.807) is 0 Å². The molecule has 2 aromatic rings. The first kappa shape index (κ1) is 17.7. The van der Waals surface area contributed by atoms with Crippen molar-refractivity contribution in [1.29, 1.82) is 0 Å². The zero-order valence-electron chi connectivity index (χ0n) is 15.9. The Bertz CT molecular complexity index is 856. The lowest BCUT2D eigenvalue weighted by Gasteiger charge is -2.38. The van der Waals surface area contributed by atoms with E-state index in [0.29, 0.717) is 19.8 Å². The summed E-state index contributed by atoms with van der Waals surface area (Å²) >= 11 is 0. The summed E-state index contributed by atoms with van der Waals surface area (Å²) in [6, 6.07) is 16.1. The van der Waals surface area contributed by atoms with Crippen molar-refractivity contribution in [2.75, 3.05) is 52.5 Å². The minimum absolute atomic E-state index is 0.191. The van der Waals surface area contributed by atoms with Crippen LogP contribution >= 0.6 is 0 Å². The maximum atomic E-state index is 6.16. The second-order valence-electron chi connectivity index (χ2n) is 7.36. The van der Waals surface area contributed by atoms with Gasteiger partial charge in [0.15, 0.2) is 5.75 Å². The molecule has 0 radical (unpaired) electrons. The molecule has 1 unspecified atom stereocenters. The molecule has 3 aliphatic rings. The summed E-state index contributed by atoms with van der Waals surface area (Å²) in [7, 11) is 0. The minimum atomic E-state index is 0.191. The molecule has 28 heavy (non-hydrogen) atoms. The van der Waals surface area contributed by atoms with E-state index in [0.717, 1.165) is 61.3 Å². The number of nitrogens with zero attached hydrogens (tertiary/aromatic N) is 3. The van der Waals surface area contributed by atoms with Gasteiger partial charge in [-0.2, -0.15) is 0 Å². The number of rotatable bonds is 2. The Morgan fingerprint density at radius 1 is 0.893 bits per heavy atom. The van der Waals surface area contributed by atoms with E-state index in [1.165, 1.54) is 0 Å². The van der Waals surface area contributed by atoms with Gasteiger partial charge in [-0.05, 0) is 24.3 Å². The standard InChI is InChI=1S/C22H25N3O3/c1-3-7-20-18(5-1)22(23-19-6-2-4-8-21(19)28-20)25-11-9-24(10-12-25)15-17-16-26-13-14-27-17/h1-8,17H,9-16H2. The quantitative estimate of drug-likeness (QED) is 0.803. The molecule has 146 valence electrons. The maximum Gasteiger partial charge on any atom is 0.153 e. The Hall–Kier alpha value is -2.41. The average molecular weight is 379 g/mol. The predicted octanol–water partition coefficient (Wildman–Crippen LogP) is 2.90. The first-order valence-corrected chi connectivity index (χ1v) is 9.98. The number of aliphatic imine (C=N–C) groups is 1. The van der Waals surface area contributed by atoms with Crippen molar-refractivity contribution in [1.82, 2.24) is 9.80 Å². The van der Waals surface area contributed by atoms with E-state index in [9.17, 15) is 0 Å². The van der Waals surface area contributed by atoms with Crippen LogP contribution in [0, 0.1) is 0 Å². The zero-order valence-corrected chi connectivity index (χ0v) is 15.9. The summed E-state index contributed by atoms with van der Waals surface area (Å²) in [6.45, 7) is 6.90. The van der Waals surface area contributed by atoms with Gasteiger partial charge in [0.05, 0.1) is 31.5 Å². The van der Waals surface area contributed by atoms with Crippen LogP contribution in [0.1, 0.15) is 5.56 Å². The van der Waals surface area contributed by atoms with Crippen LogP contribution in [0.5, 0.6) is 11.5 Å². The molecule has 3 aliphatic heterocycles. The van der Waals surface area contributed by atoms with Crippen molar-refractivity contribution in [3.05, 3.63) is 54.1 Å². The number of ether oxygens (including phenoxy) is 3. The molecule has 0 saturated carbocycles. The van der Waals surface area contributed by atoms with Gasteiger partial charge in [-0.1, -0.05) is 24.3 Å². The van der Waals surface area contributed by atoms with Gasteiger partial charge in [0.25, 0.3) is 0 Å². The summed E-state index contributed by atoms with van der Waals surface area (Å²) in [6.07, 6.45) is 0.191. The number of para-hydroxylation sites is 3. The van der Waals surface area contributed by atoms with Gasteiger partial charge in [-0.15, -0.1) is 0 Å². The van der Waals surface area contributed by atoms with E-state index in [1.807, 2.05) is 42.5 Å².